The van der Waals surface area contributed by atoms with Crippen molar-refractivity contribution in [2.24, 2.45) is 0 Å². The molecule has 0 saturated carbocycles. The molecule has 6 heteroatoms. The number of benzene rings is 3. The van der Waals surface area contributed by atoms with Gasteiger partial charge in [0.15, 0.2) is 11.5 Å². The number of carbonyl (C=O) groups is 2. The van der Waals surface area contributed by atoms with Crippen LogP contribution in [0.3, 0.4) is 0 Å². The summed E-state index contributed by atoms with van der Waals surface area (Å²) in [7, 11) is 3.08. The number of methoxy groups -OCH3 is 2. The number of likely N-dealkylation sites (N-methyl/N-ethyl adjacent to an activating group) is 1. The van der Waals surface area contributed by atoms with Crippen LogP contribution in [0.4, 0.5) is 5.69 Å². The first-order valence-corrected chi connectivity index (χ1v) is 9.66. The number of carbonyl (C=O) groups excluding carboxylic acids is 2. The Morgan fingerprint density at radius 3 is 2.33 bits per heavy atom. The minimum absolute atomic E-state index is 0.255. The van der Waals surface area contributed by atoms with E-state index in [1.54, 1.807) is 32.2 Å². The predicted molar refractivity (Wildman–Crippen MR) is 116 cm³/mol. The highest BCUT2D eigenvalue weighted by atomic mass is 16.5. The molecule has 2 amide bonds. The molecule has 6 nitrogen and oxygen atoms in total. The second-order valence-corrected chi connectivity index (χ2v) is 6.83. The maximum atomic E-state index is 13.1. The van der Waals surface area contributed by atoms with E-state index in [2.05, 4.69) is 5.32 Å². The zero-order valence-electron chi connectivity index (χ0n) is 17.1. The Balaban J connectivity index is 1.87. The van der Waals surface area contributed by atoms with Gasteiger partial charge in [0.05, 0.1) is 19.8 Å². The molecule has 0 unspecified atom stereocenters. The van der Waals surface area contributed by atoms with Gasteiger partial charge in [0.1, 0.15) is 5.70 Å². The number of hydrogen-bond acceptors (Lipinski definition) is 5. The molecule has 30 heavy (non-hydrogen) atoms. The molecule has 1 aliphatic rings. The topological polar surface area (TPSA) is 67.9 Å². The van der Waals surface area contributed by atoms with Gasteiger partial charge in [-0.1, -0.05) is 42.5 Å². The fourth-order valence-electron chi connectivity index (χ4n) is 3.71. The second kappa shape index (κ2) is 7.91. The van der Waals surface area contributed by atoms with Crippen LogP contribution < -0.4 is 14.8 Å². The summed E-state index contributed by atoms with van der Waals surface area (Å²) in [6, 6.07) is 18.9. The van der Waals surface area contributed by atoms with Gasteiger partial charge < -0.3 is 14.8 Å². The Morgan fingerprint density at radius 2 is 1.60 bits per heavy atom. The van der Waals surface area contributed by atoms with E-state index >= 15 is 0 Å². The monoisotopic (exact) mass is 402 g/mol. The molecule has 1 N–H and O–H groups in total. The molecule has 0 radical (unpaired) electrons. The molecule has 1 heterocycles. The van der Waals surface area contributed by atoms with E-state index in [9.17, 15) is 9.59 Å². The van der Waals surface area contributed by atoms with Crippen molar-refractivity contribution in [3.8, 4) is 11.5 Å². The summed E-state index contributed by atoms with van der Waals surface area (Å²) in [4.78, 5) is 27.4. The van der Waals surface area contributed by atoms with E-state index in [1.165, 1.54) is 12.0 Å². The Labute approximate surface area is 174 Å². The van der Waals surface area contributed by atoms with Crippen molar-refractivity contribution in [3.05, 3.63) is 71.9 Å². The van der Waals surface area contributed by atoms with E-state index in [1.807, 2.05) is 42.5 Å². The molecule has 0 atom stereocenters. The van der Waals surface area contributed by atoms with Crippen LogP contribution in [0.1, 0.15) is 12.5 Å². The molecule has 0 fully saturated rings. The van der Waals surface area contributed by atoms with Crippen LogP contribution in [0.5, 0.6) is 11.5 Å². The van der Waals surface area contributed by atoms with Gasteiger partial charge in [0.2, 0.25) is 0 Å². The first-order valence-electron chi connectivity index (χ1n) is 9.66. The summed E-state index contributed by atoms with van der Waals surface area (Å²) in [5.74, 6) is 0.356. The standard InChI is InChI=1S/C24H22N2O4/c1-4-26-23(27)21(16-12-13-19(29-2)20(14-16)30-3)22(24(26)28)25-18-11-7-9-15-8-5-6-10-17(15)18/h5-14,25H,4H2,1-3H3. The molecule has 0 saturated heterocycles. The van der Waals surface area contributed by atoms with E-state index < -0.39 is 0 Å². The molecule has 1 aliphatic heterocycles. The lowest BCUT2D eigenvalue weighted by Gasteiger charge is -2.13. The van der Waals surface area contributed by atoms with Crippen molar-refractivity contribution in [2.45, 2.75) is 6.92 Å². The lowest BCUT2D eigenvalue weighted by molar-refractivity contribution is -0.136. The third-order valence-electron chi connectivity index (χ3n) is 5.21. The number of rotatable bonds is 6. The smallest absolute Gasteiger partial charge is 0.278 e. The predicted octanol–water partition coefficient (Wildman–Crippen LogP) is 4.07. The molecular weight excluding hydrogens is 380 g/mol. The number of amides is 2. The third kappa shape index (κ3) is 3.16. The van der Waals surface area contributed by atoms with Gasteiger partial charge in [-0.2, -0.15) is 0 Å². The minimum Gasteiger partial charge on any atom is -0.493 e. The van der Waals surface area contributed by atoms with Crippen LogP contribution >= 0.6 is 0 Å². The van der Waals surface area contributed by atoms with Gasteiger partial charge in [0, 0.05) is 17.6 Å². The first-order chi connectivity index (χ1) is 14.6. The van der Waals surface area contributed by atoms with Gasteiger partial charge in [0.25, 0.3) is 11.8 Å². The van der Waals surface area contributed by atoms with E-state index in [0.717, 1.165) is 16.5 Å². The molecule has 152 valence electrons. The number of nitrogens with zero attached hydrogens (tertiary/aromatic N) is 1. The highest BCUT2D eigenvalue weighted by molar-refractivity contribution is 6.36. The highest BCUT2D eigenvalue weighted by Gasteiger charge is 2.38. The summed E-state index contributed by atoms with van der Waals surface area (Å²) in [6.07, 6.45) is 0. The summed E-state index contributed by atoms with van der Waals surface area (Å²) in [5, 5.41) is 5.25. The molecule has 0 aromatic heterocycles. The lowest BCUT2D eigenvalue weighted by Crippen LogP contribution is -2.32. The quantitative estimate of drug-likeness (QED) is 0.630. The van der Waals surface area contributed by atoms with Crippen molar-refractivity contribution >= 4 is 33.8 Å². The van der Waals surface area contributed by atoms with Crippen LogP contribution in [-0.4, -0.2) is 37.5 Å². The van der Waals surface area contributed by atoms with Crippen molar-refractivity contribution in [2.75, 3.05) is 26.1 Å². The fourth-order valence-corrected chi connectivity index (χ4v) is 3.71. The van der Waals surface area contributed by atoms with Gasteiger partial charge >= 0.3 is 0 Å². The van der Waals surface area contributed by atoms with Gasteiger partial charge in [-0.3, -0.25) is 14.5 Å². The van der Waals surface area contributed by atoms with Crippen molar-refractivity contribution < 1.29 is 19.1 Å². The maximum Gasteiger partial charge on any atom is 0.278 e. The van der Waals surface area contributed by atoms with Crippen molar-refractivity contribution in [3.63, 3.8) is 0 Å². The number of imide groups is 1. The Morgan fingerprint density at radius 1 is 0.867 bits per heavy atom. The fraction of sp³-hybridized carbons (Fsp3) is 0.167. The molecule has 0 aliphatic carbocycles. The average Bonchev–Trinajstić information content (AvgIpc) is 3.02. The Hall–Kier alpha value is -3.80. The number of nitrogens with one attached hydrogen (secondary N) is 1. The SMILES string of the molecule is CCN1C(=O)C(Nc2cccc3ccccc23)=C(c2ccc(OC)c(OC)c2)C1=O. The largest absolute Gasteiger partial charge is 0.493 e. The Bertz CT molecular complexity index is 1180. The van der Waals surface area contributed by atoms with Crippen LogP contribution in [0, 0.1) is 0 Å². The summed E-state index contributed by atoms with van der Waals surface area (Å²) >= 11 is 0. The van der Waals surface area contributed by atoms with E-state index in [-0.39, 0.29) is 24.1 Å². The van der Waals surface area contributed by atoms with Gasteiger partial charge in [-0.15, -0.1) is 0 Å². The van der Waals surface area contributed by atoms with Gasteiger partial charge in [-0.25, -0.2) is 0 Å². The molecule has 0 spiro atoms. The van der Waals surface area contributed by atoms with Crippen LogP contribution in [0.15, 0.2) is 66.4 Å². The molecular formula is C24H22N2O4. The lowest BCUT2D eigenvalue weighted by atomic mass is 10.0. The highest BCUT2D eigenvalue weighted by Crippen LogP contribution is 2.36. The third-order valence-corrected chi connectivity index (χ3v) is 5.21. The number of hydrogen-bond donors (Lipinski definition) is 1. The summed E-state index contributed by atoms with van der Waals surface area (Å²) < 4.78 is 10.7. The zero-order valence-corrected chi connectivity index (χ0v) is 17.1. The van der Waals surface area contributed by atoms with Crippen LogP contribution in [-0.2, 0) is 9.59 Å². The molecule has 0 bridgehead atoms. The zero-order chi connectivity index (χ0) is 21.3. The second-order valence-electron chi connectivity index (χ2n) is 6.83. The summed E-state index contributed by atoms with van der Waals surface area (Å²) in [6.45, 7) is 2.07. The summed E-state index contributed by atoms with van der Waals surface area (Å²) in [5.41, 5.74) is 1.92. The van der Waals surface area contributed by atoms with Crippen molar-refractivity contribution in [1.82, 2.24) is 4.90 Å². The average molecular weight is 402 g/mol. The number of fused-ring (bicyclic) bond motifs is 1. The normalized spacial score (nSPS) is 13.9. The van der Waals surface area contributed by atoms with Crippen LogP contribution in [0.2, 0.25) is 0 Å². The Kier molecular flexibility index (Phi) is 5.14. The minimum atomic E-state index is -0.347. The van der Waals surface area contributed by atoms with Crippen LogP contribution in [0.25, 0.3) is 16.3 Å². The number of ether oxygens (including phenoxy) is 2. The molecule has 3 aromatic carbocycles. The van der Waals surface area contributed by atoms with Gasteiger partial charge in [-0.05, 0) is 36.1 Å². The number of anilines is 1. The first kappa shape index (κ1) is 19.5. The van der Waals surface area contributed by atoms with E-state index in [4.69, 9.17) is 9.47 Å². The maximum absolute atomic E-state index is 13.1. The van der Waals surface area contributed by atoms with E-state index in [0.29, 0.717) is 22.6 Å². The molecule has 4 rings (SSSR count). The molecule has 3 aromatic rings. The van der Waals surface area contributed by atoms with Crippen molar-refractivity contribution in [1.29, 1.82) is 0 Å².